The van der Waals surface area contributed by atoms with Crippen LogP contribution in [0.2, 0.25) is 0 Å². The van der Waals surface area contributed by atoms with Crippen LogP contribution in [0.3, 0.4) is 0 Å². The maximum atomic E-state index is 12.0. The van der Waals surface area contributed by atoms with Gasteiger partial charge in [0.05, 0.1) is 0 Å². The lowest BCUT2D eigenvalue weighted by molar-refractivity contribution is 0.0937. The molecule has 0 aliphatic heterocycles. The third kappa shape index (κ3) is 3.63. The van der Waals surface area contributed by atoms with Crippen LogP contribution in [0.25, 0.3) is 0 Å². The number of aryl methyl sites for hydroxylation is 1. The number of nitrogens with one attached hydrogen (secondary N) is 1. The van der Waals surface area contributed by atoms with Crippen LogP contribution >= 0.6 is 15.9 Å². The van der Waals surface area contributed by atoms with Crippen LogP contribution in [-0.4, -0.2) is 11.9 Å². The molecule has 1 atom stereocenters. The molecule has 0 aliphatic rings. The Kier molecular flexibility index (Phi) is 5.00. The lowest BCUT2D eigenvalue weighted by atomic mass is 10.1. The van der Waals surface area contributed by atoms with Crippen LogP contribution in [0.5, 0.6) is 0 Å². The quantitative estimate of drug-likeness (QED) is 0.898. The third-order valence-electron chi connectivity index (χ3n) is 2.54. The van der Waals surface area contributed by atoms with E-state index >= 15 is 0 Å². The predicted octanol–water partition coefficient (Wildman–Crippen LogP) is 3.68. The van der Waals surface area contributed by atoms with Gasteiger partial charge >= 0.3 is 0 Å². The van der Waals surface area contributed by atoms with Crippen molar-refractivity contribution in [2.75, 3.05) is 0 Å². The zero-order valence-electron chi connectivity index (χ0n) is 10.0. The van der Waals surface area contributed by atoms with E-state index in [9.17, 15) is 4.79 Å². The van der Waals surface area contributed by atoms with Gasteiger partial charge in [0.2, 0.25) is 0 Å². The normalized spacial score (nSPS) is 12.2. The summed E-state index contributed by atoms with van der Waals surface area (Å²) in [5, 5.41) is 3.01. The molecule has 0 spiro atoms. The van der Waals surface area contributed by atoms with E-state index in [4.69, 9.17) is 0 Å². The Balaban J connectivity index is 2.76. The van der Waals surface area contributed by atoms with E-state index in [2.05, 4.69) is 28.2 Å². The van der Waals surface area contributed by atoms with Gasteiger partial charge in [0.15, 0.2) is 0 Å². The molecular formula is C13H18BrNO. The molecule has 0 radical (unpaired) electrons. The number of amides is 1. The molecule has 2 nitrogen and oxygen atoms in total. The topological polar surface area (TPSA) is 29.1 Å². The van der Waals surface area contributed by atoms with E-state index in [1.807, 2.05) is 32.0 Å². The molecule has 0 aromatic heterocycles. The summed E-state index contributed by atoms with van der Waals surface area (Å²) in [4.78, 5) is 12.0. The molecule has 3 heteroatoms. The highest BCUT2D eigenvalue weighted by Crippen LogP contribution is 2.16. The lowest BCUT2D eigenvalue weighted by Gasteiger charge is -2.14. The fourth-order valence-electron chi connectivity index (χ4n) is 1.65. The number of benzene rings is 1. The Bertz CT molecular complexity index is 376. The first-order chi connectivity index (χ1) is 7.54. The van der Waals surface area contributed by atoms with E-state index < -0.39 is 0 Å². The second-order valence-electron chi connectivity index (χ2n) is 4.12. The zero-order chi connectivity index (χ0) is 12.1. The molecule has 1 aromatic carbocycles. The number of carbonyl (C=O) groups is 1. The van der Waals surface area contributed by atoms with Crippen molar-refractivity contribution in [3.8, 4) is 0 Å². The smallest absolute Gasteiger partial charge is 0.251 e. The number of hydrogen-bond donors (Lipinski definition) is 1. The van der Waals surface area contributed by atoms with E-state index in [1.54, 1.807) is 0 Å². The SMILES string of the molecule is CCCC(C)NC(=O)c1cc(Br)ccc1C. The average Bonchev–Trinajstić information content (AvgIpc) is 2.21. The maximum absolute atomic E-state index is 12.0. The van der Waals surface area contributed by atoms with Crippen LogP contribution in [0.4, 0.5) is 0 Å². The van der Waals surface area contributed by atoms with E-state index in [1.165, 1.54) is 0 Å². The summed E-state index contributed by atoms with van der Waals surface area (Å²) in [5.74, 6) is 0.0137. The highest BCUT2D eigenvalue weighted by atomic mass is 79.9. The average molecular weight is 284 g/mol. The minimum absolute atomic E-state index is 0.0137. The van der Waals surface area contributed by atoms with Crippen LogP contribution in [0, 0.1) is 6.92 Å². The van der Waals surface area contributed by atoms with Crippen molar-refractivity contribution in [1.29, 1.82) is 0 Å². The molecule has 0 bridgehead atoms. The first-order valence-electron chi connectivity index (χ1n) is 5.61. The van der Waals surface area contributed by atoms with E-state index in [-0.39, 0.29) is 11.9 Å². The van der Waals surface area contributed by atoms with Gasteiger partial charge in [-0.1, -0.05) is 35.3 Å². The molecule has 0 saturated heterocycles. The molecule has 0 fully saturated rings. The van der Waals surface area contributed by atoms with Crippen LogP contribution < -0.4 is 5.32 Å². The van der Waals surface area contributed by atoms with Crippen molar-refractivity contribution in [3.63, 3.8) is 0 Å². The summed E-state index contributed by atoms with van der Waals surface area (Å²) in [6, 6.07) is 5.99. The minimum Gasteiger partial charge on any atom is -0.350 e. The predicted molar refractivity (Wildman–Crippen MR) is 70.7 cm³/mol. The van der Waals surface area contributed by atoms with Gasteiger partial charge in [0, 0.05) is 16.1 Å². The Hall–Kier alpha value is -0.830. The van der Waals surface area contributed by atoms with Crippen LogP contribution in [0.1, 0.15) is 42.6 Å². The second-order valence-corrected chi connectivity index (χ2v) is 5.04. The Morgan fingerprint density at radius 3 is 2.81 bits per heavy atom. The first kappa shape index (κ1) is 13.2. The maximum Gasteiger partial charge on any atom is 0.251 e. The van der Waals surface area contributed by atoms with Gasteiger partial charge in [-0.05, 0) is 38.0 Å². The Labute approximate surface area is 106 Å². The molecule has 1 unspecified atom stereocenters. The van der Waals surface area contributed by atoms with E-state index in [0.717, 1.165) is 28.4 Å². The molecular weight excluding hydrogens is 266 g/mol. The van der Waals surface area contributed by atoms with Crippen LogP contribution in [0.15, 0.2) is 22.7 Å². The second kappa shape index (κ2) is 6.04. The molecule has 16 heavy (non-hydrogen) atoms. The van der Waals surface area contributed by atoms with E-state index in [0.29, 0.717) is 0 Å². The standard InChI is InChI=1S/C13H18BrNO/c1-4-5-10(3)15-13(16)12-8-11(14)7-6-9(12)2/h6-8,10H,4-5H2,1-3H3,(H,15,16). The lowest BCUT2D eigenvalue weighted by Crippen LogP contribution is -2.32. The molecule has 1 aromatic rings. The number of hydrogen-bond acceptors (Lipinski definition) is 1. The summed E-state index contributed by atoms with van der Waals surface area (Å²) >= 11 is 3.38. The van der Waals surface area contributed by atoms with Crippen molar-refractivity contribution in [2.45, 2.75) is 39.7 Å². The van der Waals surface area contributed by atoms with Gasteiger partial charge in [0.1, 0.15) is 0 Å². The monoisotopic (exact) mass is 283 g/mol. The fraction of sp³-hybridized carbons (Fsp3) is 0.462. The first-order valence-corrected chi connectivity index (χ1v) is 6.41. The van der Waals surface area contributed by atoms with Crippen molar-refractivity contribution < 1.29 is 4.79 Å². The Morgan fingerprint density at radius 1 is 1.50 bits per heavy atom. The summed E-state index contributed by atoms with van der Waals surface area (Å²) in [6.45, 7) is 6.10. The largest absolute Gasteiger partial charge is 0.350 e. The molecule has 1 rings (SSSR count). The van der Waals surface area contributed by atoms with Crippen molar-refractivity contribution in [1.82, 2.24) is 5.32 Å². The van der Waals surface area contributed by atoms with Gasteiger partial charge in [-0.3, -0.25) is 4.79 Å². The van der Waals surface area contributed by atoms with Crippen molar-refractivity contribution in [2.24, 2.45) is 0 Å². The minimum atomic E-state index is 0.0137. The van der Waals surface area contributed by atoms with Gasteiger partial charge in [-0.2, -0.15) is 0 Å². The summed E-state index contributed by atoms with van der Waals surface area (Å²) < 4.78 is 0.936. The third-order valence-corrected chi connectivity index (χ3v) is 3.04. The Morgan fingerprint density at radius 2 is 2.19 bits per heavy atom. The molecule has 0 aliphatic carbocycles. The number of halogens is 1. The van der Waals surface area contributed by atoms with Gasteiger partial charge in [-0.15, -0.1) is 0 Å². The fourth-order valence-corrected chi connectivity index (χ4v) is 2.01. The molecule has 1 amide bonds. The van der Waals surface area contributed by atoms with Crippen molar-refractivity contribution in [3.05, 3.63) is 33.8 Å². The zero-order valence-corrected chi connectivity index (χ0v) is 11.6. The highest BCUT2D eigenvalue weighted by Gasteiger charge is 2.11. The molecule has 0 saturated carbocycles. The summed E-state index contributed by atoms with van der Waals surface area (Å²) in [6.07, 6.45) is 2.09. The summed E-state index contributed by atoms with van der Waals surface area (Å²) in [5.41, 5.74) is 1.75. The highest BCUT2D eigenvalue weighted by molar-refractivity contribution is 9.10. The molecule has 88 valence electrons. The molecule has 0 heterocycles. The van der Waals surface area contributed by atoms with Gasteiger partial charge in [0.25, 0.3) is 5.91 Å². The van der Waals surface area contributed by atoms with Crippen LogP contribution in [-0.2, 0) is 0 Å². The summed E-state index contributed by atoms with van der Waals surface area (Å²) in [7, 11) is 0. The van der Waals surface area contributed by atoms with Crippen molar-refractivity contribution >= 4 is 21.8 Å². The number of carbonyl (C=O) groups excluding carboxylic acids is 1. The van der Waals surface area contributed by atoms with Gasteiger partial charge < -0.3 is 5.32 Å². The molecule has 1 N–H and O–H groups in total. The van der Waals surface area contributed by atoms with Gasteiger partial charge in [-0.25, -0.2) is 0 Å². The number of rotatable bonds is 4.